The zero-order chi connectivity index (χ0) is 10.7. The average molecular weight is 240 g/mol. The standard InChI is InChI=1S/C12H14ClNS/c13-11-9(3-1-2-7-14)4-5-10-6-8-15-12(10)11/h4-6,8H,1-3,7,14H2. The lowest BCUT2D eigenvalue weighted by atomic mass is 10.1. The molecule has 1 aromatic heterocycles. The fourth-order valence-electron chi connectivity index (χ4n) is 1.69. The molecular weight excluding hydrogens is 226 g/mol. The van der Waals surface area contributed by atoms with Gasteiger partial charge in [0.1, 0.15) is 0 Å². The molecule has 0 fully saturated rings. The van der Waals surface area contributed by atoms with Crippen LogP contribution in [-0.2, 0) is 6.42 Å². The monoisotopic (exact) mass is 239 g/mol. The number of unbranched alkanes of at least 4 members (excludes halogenated alkanes) is 1. The molecule has 0 saturated heterocycles. The van der Waals surface area contributed by atoms with Crippen LogP contribution < -0.4 is 5.73 Å². The van der Waals surface area contributed by atoms with Gasteiger partial charge in [-0.25, -0.2) is 0 Å². The number of fused-ring (bicyclic) bond motifs is 1. The summed E-state index contributed by atoms with van der Waals surface area (Å²) in [5, 5.41) is 4.26. The lowest BCUT2D eigenvalue weighted by Gasteiger charge is -2.04. The number of rotatable bonds is 4. The van der Waals surface area contributed by atoms with Gasteiger partial charge in [0, 0.05) is 0 Å². The zero-order valence-electron chi connectivity index (χ0n) is 8.50. The number of benzene rings is 1. The van der Waals surface area contributed by atoms with Crippen LogP contribution in [0.25, 0.3) is 10.1 Å². The highest BCUT2D eigenvalue weighted by molar-refractivity contribution is 7.17. The van der Waals surface area contributed by atoms with Crippen LogP contribution >= 0.6 is 22.9 Å². The van der Waals surface area contributed by atoms with Gasteiger partial charge in [-0.2, -0.15) is 0 Å². The highest BCUT2D eigenvalue weighted by Crippen LogP contribution is 2.32. The van der Waals surface area contributed by atoms with Gasteiger partial charge in [-0.3, -0.25) is 0 Å². The second-order valence-corrected chi connectivity index (χ2v) is 4.92. The van der Waals surface area contributed by atoms with Gasteiger partial charge >= 0.3 is 0 Å². The smallest absolute Gasteiger partial charge is 0.0616 e. The Labute approximate surface area is 98.9 Å². The molecule has 0 unspecified atom stereocenters. The van der Waals surface area contributed by atoms with Gasteiger partial charge in [-0.15, -0.1) is 11.3 Å². The van der Waals surface area contributed by atoms with E-state index in [0.29, 0.717) is 0 Å². The molecule has 2 aromatic rings. The summed E-state index contributed by atoms with van der Waals surface area (Å²) < 4.78 is 1.21. The van der Waals surface area contributed by atoms with E-state index in [0.717, 1.165) is 30.8 Å². The number of thiophene rings is 1. The van der Waals surface area contributed by atoms with Crippen LogP contribution in [0.2, 0.25) is 5.02 Å². The van der Waals surface area contributed by atoms with Gasteiger partial charge in [0.25, 0.3) is 0 Å². The number of hydrogen-bond donors (Lipinski definition) is 1. The van der Waals surface area contributed by atoms with Crippen LogP contribution in [0.3, 0.4) is 0 Å². The highest BCUT2D eigenvalue weighted by atomic mass is 35.5. The maximum Gasteiger partial charge on any atom is 0.0616 e. The second-order valence-electron chi connectivity index (χ2n) is 3.62. The molecule has 3 heteroatoms. The first-order chi connectivity index (χ1) is 7.33. The molecule has 0 aliphatic heterocycles. The van der Waals surface area contributed by atoms with Crippen LogP contribution in [0.4, 0.5) is 0 Å². The Morgan fingerprint density at radius 2 is 2.07 bits per heavy atom. The Balaban J connectivity index is 2.23. The molecule has 0 aliphatic carbocycles. The maximum atomic E-state index is 6.34. The minimum absolute atomic E-state index is 0.763. The van der Waals surface area contributed by atoms with E-state index in [2.05, 4.69) is 23.6 Å². The molecule has 0 radical (unpaired) electrons. The quantitative estimate of drug-likeness (QED) is 0.807. The van der Waals surface area contributed by atoms with Gasteiger partial charge in [-0.1, -0.05) is 23.7 Å². The van der Waals surface area contributed by atoms with E-state index >= 15 is 0 Å². The van der Waals surface area contributed by atoms with Crippen LogP contribution in [0.15, 0.2) is 23.6 Å². The molecular formula is C12H14ClNS. The van der Waals surface area contributed by atoms with Gasteiger partial charge in [0.2, 0.25) is 0 Å². The lowest BCUT2D eigenvalue weighted by molar-refractivity contribution is 0.745. The van der Waals surface area contributed by atoms with Crippen molar-refractivity contribution in [2.45, 2.75) is 19.3 Å². The third-order valence-electron chi connectivity index (χ3n) is 2.54. The van der Waals surface area contributed by atoms with E-state index in [1.54, 1.807) is 11.3 Å². The SMILES string of the molecule is NCCCCc1ccc2ccsc2c1Cl. The summed E-state index contributed by atoms with van der Waals surface area (Å²) in [5.74, 6) is 0. The molecule has 80 valence electrons. The van der Waals surface area contributed by atoms with E-state index < -0.39 is 0 Å². The molecule has 1 heterocycles. The Kier molecular flexibility index (Phi) is 3.62. The molecule has 0 bridgehead atoms. The summed E-state index contributed by atoms with van der Waals surface area (Å²) in [6.07, 6.45) is 3.22. The average Bonchev–Trinajstić information content (AvgIpc) is 2.70. The van der Waals surface area contributed by atoms with Crippen molar-refractivity contribution in [3.05, 3.63) is 34.2 Å². The predicted molar refractivity (Wildman–Crippen MR) is 68.8 cm³/mol. The van der Waals surface area contributed by atoms with Gasteiger partial charge in [-0.05, 0) is 48.2 Å². The minimum atomic E-state index is 0.763. The van der Waals surface area contributed by atoms with E-state index in [9.17, 15) is 0 Å². The Hall–Kier alpha value is -0.570. The van der Waals surface area contributed by atoms with Crippen LogP contribution in [0.5, 0.6) is 0 Å². The van der Waals surface area contributed by atoms with Gasteiger partial charge in [0.15, 0.2) is 0 Å². The summed E-state index contributed by atoms with van der Waals surface area (Å²) >= 11 is 8.05. The largest absolute Gasteiger partial charge is 0.330 e. The minimum Gasteiger partial charge on any atom is -0.330 e. The molecule has 0 atom stereocenters. The fourth-order valence-corrected chi connectivity index (χ4v) is 2.95. The number of hydrogen-bond acceptors (Lipinski definition) is 2. The van der Waals surface area contributed by atoms with Gasteiger partial charge in [0.05, 0.1) is 9.72 Å². The number of nitrogens with two attached hydrogens (primary N) is 1. The van der Waals surface area contributed by atoms with Crippen molar-refractivity contribution in [3.8, 4) is 0 Å². The molecule has 15 heavy (non-hydrogen) atoms. The van der Waals surface area contributed by atoms with Crippen molar-refractivity contribution in [2.24, 2.45) is 5.73 Å². The first-order valence-electron chi connectivity index (χ1n) is 5.17. The van der Waals surface area contributed by atoms with Crippen LogP contribution in [-0.4, -0.2) is 6.54 Å². The molecule has 2 rings (SSSR count). The van der Waals surface area contributed by atoms with Crippen LogP contribution in [0.1, 0.15) is 18.4 Å². The fraction of sp³-hybridized carbons (Fsp3) is 0.333. The molecule has 0 saturated carbocycles. The summed E-state index contributed by atoms with van der Waals surface area (Å²) in [6, 6.07) is 6.39. The molecule has 1 aromatic carbocycles. The van der Waals surface area contributed by atoms with E-state index in [-0.39, 0.29) is 0 Å². The first kappa shape index (κ1) is 10.9. The van der Waals surface area contributed by atoms with Crippen molar-refractivity contribution < 1.29 is 0 Å². The topological polar surface area (TPSA) is 26.0 Å². The molecule has 0 spiro atoms. The van der Waals surface area contributed by atoms with Gasteiger partial charge < -0.3 is 5.73 Å². The maximum absolute atomic E-state index is 6.34. The highest BCUT2D eigenvalue weighted by Gasteiger charge is 2.05. The van der Waals surface area contributed by atoms with Crippen molar-refractivity contribution in [2.75, 3.05) is 6.54 Å². The Morgan fingerprint density at radius 1 is 1.20 bits per heavy atom. The number of halogens is 1. The summed E-state index contributed by atoms with van der Waals surface area (Å²) in [6.45, 7) is 0.763. The van der Waals surface area contributed by atoms with Crippen molar-refractivity contribution in [1.29, 1.82) is 0 Å². The summed E-state index contributed by atoms with van der Waals surface area (Å²) in [5.41, 5.74) is 6.72. The van der Waals surface area contributed by atoms with Crippen LogP contribution in [0, 0.1) is 0 Å². The summed E-state index contributed by atoms with van der Waals surface area (Å²) in [4.78, 5) is 0. The van der Waals surface area contributed by atoms with E-state index in [4.69, 9.17) is 17.3 Å². The van der Waals surface area contributed by atoms with Crippen molar-refractivity contribution in [3.63, 3.8) is 0 Å². The lowest BCUT2D eigenvalue weighted by Crippen LogP contribution is -1.99. The first-order valence-corrected chi connectivity index (χ1v) is 6.43. The normalized spacial score (nSPS) is 11.1. The molecule has 1 nitrogen and oxygen atoms in total. The second kappa shape index (κ2) is 4.97. The van der Waals surface area contributed by atoms with Crippen molar-refractivity contribution in [1.82, 2.24) is 0 Å². The third kappa shape index (κ3) is 2.33. The molecule has 2 N–H and O–H groups in total. The number of aryl methyl sites for hydroxylation is 1. The Morgan fingerprint density at radius 3 is 2.87 bits per heavy atom. The van der Waals surface area contributed by atoms with E-state index in [1.165, 1.54) is 15.6 Å². The van der Waals surface area contributed by atoms with Crippen molar-refractivity contribution >= 4 is 33.0 Å². The van der Waals surface area contributed by atoms with E-state index in [1.807, 2.05) is 0 Å². The Bertz CT molecular complexity index is 450. The molecule has 0 amide bonds. The predicted octanol–water partition coefficient (Wildman–Crippen LogP) is 3.84. The molecule has 0 aliphatic rings. The summed E-state index contributed by atoms with van der Waals surface area (Å²) in [7, 11) is 0. The zero-order valence-corrected chi connectivity index (χ0v) is 10.1. The third-order valence-corrected chi connectivity index (χ3v) is 4.03.